The van der Waals surface area contributed by atoms with Gasteiger partial charge in [0.15, 0.2) is 0 Å². The van der Waals surface area contributed by atoms with Gasteiger partial charge in [-0.05, 0) is 42.8 Å². The lowest BCUT2D eigenvalue weighted by atomic mass is 9.98. The maximum atomic E-state index is 10.6. The summed E-state index contributed by atoms with van der Waals surface area (Å²) in [5.41, 5.74) is 5.32. The highest BCUT2D eigenvalue weighted by atomic mass is 35.5. The fraction of sp³-hybridized carbons (Fsp3) is 0.143. The van der Waals surface area contributed by atoms with Crippen molar-refractivity contribution < 1.29 is 5.11 Å². The lowest BCUT2D eigenvalue weighted by Crippen LogP contribution is -2.13. The number of halogens is 1. The third-order valence-corrected chi connectivity index (χ3v) is 7.73. The van der Waals surface area contributed by atoms with Crippen LogP contribution >= 0.6 is 35.1 Å². The van der Waals surface area contributed by atoms with Crippen molar-refractivity contribution in [2.24, 2.45) is 0 Å². The van der Waals surface area contributed by atoms with Crippen LogP contribution in [0.3, 0.4) is 0 Å². The first kappa shape index (κ1) is 24.4. The Morgan fingerprint density at radius 2 is 1.59 bits per heavy atom. The van der Waals surface area contributed by atoms with Crippen LogP contribution in [0, 0.1) is 18.3 Å². The number of nitriles is 1. The largest absolute Gasteiger partial charge is 0.391 e. The Morgan fingerprint density at radius 3 is 2.26 bits per heavy atom. The molecule has 0 saturated heterocycles. The van der Waals surface area contributed by atoms with Crippen molar-refractivity contribution in [1.82, 2.24) is 4.98 Å². The van der Waals surface area contributed by atoms with Gasteiger partial charge in [0.1, 0.15) is 11.1 Å². The van der Waals surface area contributed by atoms with Crippen molar-refractivity contribution in [2.45, 2.75) is 22.9 Å². The van der Waals surface area contributed by atoms with Gasteiger partial charge in [-0.1, -0.05) is 71.8 Å². The second-order valence-electron chi connectivity index (χ2n) is 7.81. The highest BCUT2D eigenvalue weighted by Gasteiger charge is 2.17. The molecule has 1 heterocycles. The van der Waals surface area contributed by atoms with Gasteiger partial charge in [-0.2, -0.15) is 5.26 Å². The lowest BCUT2D eigenvalue weighted by Gasteiger charge is -2.14. The van der Waals surface area contributed by atoms with Gasteiger partial charge < -0.3 is 5.11 Å². The summed E-state index contributed by atoms with van der Waals surface area (Å²) in [4.78, 5) is 5.88. The van der Waals surface area contributed by atoms with Gasteiger partial charge in [-0.15, -0.1) is 23.5 Å². The molecule has 3 aromatic carbocycles. The summed E-state index contributed by atoms with van der Waals surface area (Å²) >= 11 is 8.94. The zero-order chi connectivity index (χ0) is 23.9. The van der Waals surface area contributed by atoms with Gasteiger partial charge in [-0.25, -0.2) is 4.98 Å². The summed E-state index contributed by atoms with van der Waals surface area (Å²) in [6, 6.07) is 30.0. The second kappa shape index (κ2) is 11.6. The normalized spacial score (nSPS) is 11.7. The molecule has 0 spiro atoms. The average molecular weight is 503 g/mol. The number of hydrogen-bond donors (Lipinski definition) is 1. The highest BCUT2D eigenvalue weighted by Crippen LogP contribution is 2.35. The number of nitrogens with zero attached hydrogens (tertiary/aromatic N) is 2. The number of pyridine rings is 1. The van der Waals surface area contributed by atoms with Crippen LogP contribution < -0.4 is 0 Å². The molecule has 0 saturated carbocycles. The van der Waals surface area contributed by atoms with Crippen LogP contribution in [0.1, 0.15) is 11.1 Å². The third-order valence-electron chi connectivity index (χ3n) is 5.20. The minimum Gasteiger partial charge on any atom is -0.391 e. The maximum absolute atomic E-state index is 10.6. The first-order valence-corrected chi connectivity index (χ1v) is 13.2. The van der Waals surface area contributed by atoms with Crippen LogP contribution in [0.15, 0.2) is 94.9 Å². The number of aromatic nitrogens is 1. The molecule has 0 fully saturated rings. The molecule has 0 amide bonds. The van der Waals surface area contributed by atoms with Gasteiger partial charge in [-0.3, -0.25) is 0 Å². The van der Waals surface area contributed by atoms with E-state index in [0.29, 0.717) is 27.1 Å². The van der Waals surface area contributed by atoms with Crippen LogP contribution in [0.5, 0.6) is 0 Å². The molecule has 3 nitrogen and oxygen atoms in total. The van der Waals surface area contributed by atoms with E-state index in [0.717, 1.165) is 32.8 Å². The predicted molar refractivity (Wildman–Crippen MR) is 143 cm³/mol. The zero-order valence-electron chi connectivity index (χ0n) is 18.6. The summed E-state index contributed by atoms with van der Waals surface area (Å²) in [6.45, 7) is 2.04. The monoisotopic (exact) mass is 502 g/mol. The van der Waals surface area contributed by atoms with E-state index in [1.54, 1.807) is 11.8 Å². The van der Waals surface area contributed by atoms with Crippen molar-refractivity contribution in [3.05, 3.63) is 101 Å². The first-order chi connectivity index (χ1) is 16.5. The second-order valence-corrected chi connectivity index (χ2v) is 10.3. The standard InChI is InChI=1S/C28H23ClN2OS2/c1-19-7-9-20(10-8-19)25-15-27(21-5-3-2-4-6-21)31-28(26(25)16-30)34-18-23(32)17-33-24-13-11-22(29)12-14-24/h2-15,23,32H,17-18H2,1H3. The zero-order valence-corrected chi connectivity index (χ0v) is 21.0. The van der Waals surface area contributed by atoms with Crippen LogP contribution in [0.25, 0.3) is 22.4 Å². The number of thioether (sulfide) groups is 2. The Kier molecular flexibility index (Phi) is 8.31. The molecule has 0 radical (unpaired) electrons. The van der Waals surface area contributed by atoms with Crippen LogP contribution in [0.2, 0.25) is 5.02 Å². The van der Waals surface area contributed by atoms with Crippen molar-refractivity contribution in [2.75, 3.05) is 11.5 Å². The van der Waals surface area contributed by atoms with E-state index in [-0.39, 0.29) is 0 Å². The van der Waals surface area contributed by atoms with Crippen LogP contribution in [-0.4, -0.2) is 27.7 Å². The molecule has 4 aromatic rings. The fourth-order valence-corrected chi connectivity index (χ4v) is 5.44. The van der Waals surface area contributed by atoms with Gasteiger partial charge >= 0.3 is 0 Å². The average Bonchev–Trinajstić information content (AvgIpc) is 2.87. The van der Waals surface area contributed by atoms with E-state index in [9.17, 15) is 10.4 Å². The van der Waals surface area contributed by atoms with Crippen LogP contribution in [0.4, 0.5) is 0 Å². The van der Waals surface area contributed by atoms with Gasteiger partial charge in [0, 0.05) is 32.6 Å². The van der Waals surface area contributed by atoms with E-state index in [1.165, 1.54) is 11.8 Å². The fourth-order valence-electron chi connectivity index (χ4n) is 3.40. The van der Waals surface area contributed by atoms with Crippen molar-refractivity contribution in [1.29, 1.82) is 5.26 Å². The Bertz CT molecular complexity index is 1290. The Labute approximate surface area is 213 Å². The Balaban J connectivity index is 1.60. The SMILES string of the molecule is Cc1ccc(-c2cc(-c3ccccc3)nc(SCC(O)CSc3ccc(Cl)cc3)c2C#N)cc1. The van der Waals surface area contributed by atoms with Crippen molar-refractivity contribution >= 4 is 35.1 Å². The number of rotatable bonds is 8. The highest BCUT2D eigenvalue weighted by molar-refractivity contribution is 8.00. The molecule has 0 bridgehead atoms. The predicted octanol–water partition coefficient (Wildman–Crippen LogP) is 7.49. The van der Waals surface area contributed by atoms with Gasteiger partial charge in [0.05, 0.1) is 17.4 Å². The molecule has 1 unspecified atom stereocenters. The topological polar surface area (TPSA) is 56.9 Å². The van der Waals surface area contributed by atoms with Crippen LogP contribution in [-0.2, 0) is 0 Å². The minimum atomic E-state index is -0.553. The molecular formula is C28H23ClN2OS2. The lowest BCUT2D eigenvalue weighted by molar-refractivity contribution is 0.225. The molecule has 170 valence electrons. The minimum absolute atomic E-state index is 0.438. The summed E-state index contributed by atoms with van der Waals surface area (Å²) in [6.07, 6.45) is -0.553. The molecule has 0 aliphatic heterocycles. The molecule has 0 aliphatic rings. The molecule has 1 N–H and O–H groups in total. The Hall–Kier alpha value is -2.75. The molecule has 34 heavy (non-hydrogen) atoms. The van der Waals surface area contributed by atoms with E-state index < -0.39 is 6.10 Å². The number of aliphatic hydroxyl groups is 1. The quantitative estimate of drug-likeness (QED) is 0.253. The molecule has 6 heteroatoms. The van der Waals surface area contributed by atoms with E-state index in [2.05, 4.69) is 6.07 Å². The van der Waals surface area contributed by atoms with Gasteiger partial charge in [0.25, 0.3) is 0 Å². The number of aryl methyl sites for hydroxylation is 1. The summed E-state index contributed by atoms with van der Waals surface area (Å²) in [5, 5.41) is 22.0. The summed E-state index contributed by atoms with van der Waals surface area (Å²) in [5.74, 6) is 0.980. The van der Waals surface area contributed by atoms with Gasteiger partial charge in [0.2, 0.25) is 0 Å². The number of hydrogen-bond acceptors (Lipinski definition) is 5. The third kappa shape index (κ3) is 6.22. The first-order valence-electron chi connectivity index (χ1n) is 10.8. The molecule has 1 aromatic heterocycles. The maximum Gasteiger partial charge on any atom is 0.115 e. The van der Waals surface area contributed by atoms with E-state index in [4.69, 9.17) is 16.6 Å². The van der Waals surface area contributed by atoms with E-state index in [1.807, 2.05) is 91.9 Å². The molecular weight excluding hydrogens is 480 g/mol. The number of aliphatic hydroxyl groups excluding tert-OH is 1. The van der Waals surface area contributed by atoms with Crippen molar-refractivity contribution in [3.8, 4) is 28.5 Å². The molecule has 4 rings (SSSR count). The number of benzene rings is 3. The summed E-state index contributed by atoms with van der Waals surface area (Å²) < 4.78 is 0. The Morgan fingerprint density at radius 1 is 0.912 bits per heavy atom. The summed E-state index contributed by atoms with van der Waals surface area (Å²) in [7, 11) is 0. The smallest absolute Gasteiger partial charge is 0.115 e. The molecule has 1 atom stereocenters. The molecule has 0 aliphatic carbocycles. The van der Waals surface area contributed by atoms with Crippen molar-refractivity contribution in [3.63, 3.8) is 0 Å². The van der Waals surface area contributed by atoms with E-state index >= 15 is 0 Å².